The second-order valence-corrected chi connectivity index (χ2v) is 6.16. The van der Waals surface area contributed by atoms with Crippen LogP contribution in [0.15, 0.2) is 67.4 Å². The standard InChI is InChI=1S/C16H16N6O3S/c17-15(18)22-10-9(7-4-2-1-3-5-7)16(19,13(26)12(25)11(10)24)14-20-6-8(23)21-14/h1-6,9,24-26H,19H2,(H4,17,18,22). The summed E-state index contributed by atoms with van der Waals surface area (Å²) in [5, 5.41) is 20.7. The Balaban J connectivity index is 2.35. The Morgan fingerprint density at radius 1 is 1.19 bits per heavy atom. The highest BCUT2D eigenvalue weighted by atomic mass is 32.1. The van der Waals surface area contributed by atoms with E-state index in [9.17, 15) is 15.0 Å². The smallest absolute Gasteiger partial charge is 0.290 e. The van der Waals surface area contributed by atoms with Gasteiger partial charge in [0.2, 0.25) is 0 Å². The maximum atomic E-state index is 11.6. The van der Waals surface area contributed by atoms with Crippen LogP contribution in [-0.2, 0) is 4.79 Å². The second kappa shape index (κ2) is 6.32. The minimum Gasteiger partial charge on any atom is -0.504 e. The molecule has 0 aromatic heterocycles. The average molecular weight is 372 g/mol. The molecule has 2 aliphatic rings. The molecule has 10 heteroatoms. The van der Waals surface area contributed by atoms with E-state index in [0.29, 0.717) is 5.56 Å². The van der Waals surface area contributed by atoms with Crippen LogP contribution in [0.25, 0.3) is 0 Å². The van der Waals surface area contributed by atoms with E-state index in [1.165, 1.54) is 0 Å². The summed E-state index contributed by atoms with van der Waals surface area (Å²) in [6, 6.07) is 8.75. The average Bonchev–Trinajstić information content (AvgIpc) is 3.05. The van der Waals surface area contributed by atoms with Crippen molar-refractivity contribution in [3.63, 3.8) is 0 Å². The zero-order chi connectivity index (χ0) is 19.1. The first-order chi connectivity index (χ1) is 12.3. The zero-order valence-electron chi connectivity index (χ0n) is 13.4. The minimum absolute atomic E-state index is 0.0799. The molecular weight excluding hydrogens is 356 g/mol. The van der Waals surface area contributed by atoms with Gasteiger partial charge in [0.05, 0.1) is 17.0 Å². The van der Waals surface area contributed by atoms with Crippen LogP contribution in [0.4, 0.5) is 0 Å². The van der Waals surface area contributed by atoms with Crippen LogP contribution < -0.4 is 17.2 Å². The number of benzene rings is 1. The number of guanidine groups is 1. The number of nitrogens with zero attached hydrogens (tertiary/aromatic N) is 3. The fourth-order valence-electron chi connectivity index (χ4n) is 2.95. The van der Waals surface area contributed by atoms with E-state index >= 15 is 0 Å². The summed E-state index contributed by atoms with van der Waals surface area (Å²) in [6.45, 7) is 0. The third-order valence-electron chi connectivity index (χ3n) is 4.08. The predicted octanol–water partition coefficient (Wildman–Crippen LogP) is 0.233. The van der Waals surface area contributed by atoms with E-state index in [0.717, 1.165) is 6.21 Å². The number of aliphatic hydroxyl groups excluding tert-OH is 2. The molecule has 1 aliphatic carbocycles. The van der Waals surface area contributed by atoms with Crippen molar-refractivity contribution in [1.29, 1.82) is 0 Å². The van der Waals surface area contributed by atoms with Gasteiger partial charge in [-0.1, -0.05) is 30.3 Å². The molecule has 0 spiro atoms. The monoisotopic (exact) mass is 372 g/mol. The van der Waals surface area contributed by atoms with E-state index < -0.39 is 28.9 Å². The van der Waals surface area contributed by atoms with Crippen LogP contribution in [0.1, 0.15) is 11.5 Å². The fourth-order valence-corrected chi connectivity index (χ4v) is 3.29. The van der Waals surface area contributed by atoms with Crippen molar-refractivity contribution in [3.05, 3.63) is 58.0 Å². The number of rotatable bonds is 3. The van der Waals surface area contributed by atoms with Gasteiger partial charge < -0.3 is 27.4 Å². The van der Waals surface area contributed by atoms with Gasteiger partial charge in [-0.2, -0.15) is 4.99 Å². The molecular formula is C16H16N6O3S. The molecule has 0 saturated heterocycles. The molecule has 26 heavy (non-hydrogen) atoms. The summed E-state index contributed by atoms with van der Waals surface area (Å²) in [4.78, 5) is 23.2. The Morgan fingerprint density at radius 3 is 2.38 bits per heavy atom. The van der Waals surface area contributed by atoms with Crippen molar-refractivity contribution >= 4 is 36.5 Å². The predicted molar refractivity (Wildman–Crippen MR) is 101 cm³/mol. The Bertz CT molecular complexity index is 931. The lowest BCUT2D eigenvalue weighted by atomic mass is 9.73. The van der Waals surface area contributed by atoms with E-state index in [-0.39, 0.29) is 22.4 Å². The van der Waals surface area contributed by atoms with Crippen LogP contribution >= 0.6 is 12.6 Å². The van der Waals surface area contributed by atoms with Gasteiger partial charge in [-0.3, -0.25) is 4.79 Å². The topological polar surface area (TPSA) is 173 Å². The van der Waals surface area contributed by atoms with Crippen molar-refractivity contribution in [2.45, 2.75) is 11.5 Å². The molecule has 0 fully saturated rings. The van der Waals surface area contributed by atoms with Gasteiger partial charge in [0.1, 0.15) is 11.2 Å². The van der Waals surface area contributed by atoms with E-state index in [2.05, 4.69) is 27.6 Å². The number of carbonyl (C=O) groups excluding carboxylic acids is 1. The SMILES string of the molecule is NC(N)=NC1=C(O)C(O)=C(S)C(N)(C2=NC(=O)C=N2)C1c1ccccc1. The number of hydrogen-bond acceptors (Lipinski definition) is 7. The number of aliphatic hydroxyl groups is 2. The maximum Gasteiger partial charge on any atom is 0.290 e. The molecule has 1 aromatic rings. The van der Waals surface area contributed by atoms with E-state index in [1.807, 2.05) is 0 Å². The van der Waals surface area contributed by atoms with E-state index in [1.54, 1.807) is 30.3 Å². The first kappa shape index (κ1) is 17.7. The first-order valence-electron chi connectivity index (χ1n) is 7.43. The van der Waals surface area contributed by atoms with Crippen molar-refractivity contribution < 1.29 is 15.0 Å². The van der Waals surface area contributed by atoms with Crippen molar-refractivity contribution in [2.75, 3.05) is 0 Å². The molecule has 1 aromatic carbocycles. The first-order valence-corrected chi connectivity index (χ1v) is 7.88. The van der Waals surface area contributed by atoms with Gasteiger partial charge in [-0.05, 0) is 5.56 Å². The molecule has 134 valence electrons. The highest BCUT2D eigenvalue weighted by Crippen LogP contribution is 2.47. The van der Waals surface area contributed by atoms with Crippen LogP contribution in [0.3, 0.4) is 0 Å². The molecule has 8 N–H and O–H groups in total. The van der Waals surface area contributed by atoms with Crippen LogP contribution in [-0.4, -0.2) is 39.7 Å². The second-order valence-electron chi connectivity index (χ2n) is 5.71. The number of amides is 1. The summed E-state index contributed by atoms with van der Waals surface area (Å²) < 4.78 is 0. The van der Waals surface area contributed by atoms with Crippen LogP contribution in [0, 0.1) is 0 Å². The lowest BCUT2D eigenvalue weighted by Gasteiger charge is -2.40. The molecule has 3 rings (SSSR count). The summed E-state index contributed by atoms with van der Waals surface area (Å²) in [5.74, 6) is -3.15. The minimum atomic E-state index is -1.68. The lowest BCUT2D eigenvalue weighted by molar-refractivity contribution is -0.111. The zero-order valence-corrected chi connectivity index (χ0v) is 14.3. The summed E-state index contributed by atoms with van der Waals surface area (Å²) in [6.07, 6.45) is 1.00. The van der Waals surface area contributed by atoms with E-state index in [4.69, 9.17) is 17.2 Å². The normalized spacial score (nSPS) is 25.5. The molecule has 9 nitrogen and oxygen atoms in total. The number of carbonyl (C=O) groups is 1. The molecule has 2 unspecified atom stereocenters. The molecule has 2 atom stereocenters. The Hall–Kier alpha value is -3.11. The summed E-state index contributed by atoms with van der Waals surface area (Å²) in [5.41, 5.74) is 16.4. The third kappa shape index (κ3) is 2.65. The highest BCUT2D eigenvalue weighted by Gasteiger charge is 2.52. The van der Waals surface area contributed by atoms with Crippen molar-refractivity contribution in [2.24, 2.45) is 32.2 Å². The fraction of sp³-hybridized carbons (Fsp3) is 0.125. The highest BCUT2D eigenvalue weighted by molar-refractivity contribution is 7.84. The number of thiol groups is 1. The van der Waals surface area contributed by atoms with Gasteiger partial charge in [-0.15, -0.1) is 12.6 Å². The number of amidine groups is 1. The van der Waals surface area contributed by atoms with Gasteiger partial charge in [0.25, 0.3) is 5.91 Å². The molecule has 0 radical (unpaired) electrons. The molecule has 1 aliphatic heterocycles. The molecule has 1 heterocycles. The van der Waals surface area contributed by atoms with Gasteiger partial charge in [0.15, 0.2) is 23.3 Å². The molecule has 0 bridgehead atoms. The Labute approximate surface area is 153 Å². The Kier molecular flexibility index (Phi) is 4.30. The van der Waals surface area contributed by atoms with Crippen molar-refractivity contribution in [3.8, 4) is 0 Å². The third-order valence-corrected chi connectivity index (χ3v) is 4.66. The van der Waals surface area contributed by atoms with Crippen LogP contribution in [0.5, 0.6) is 0 Å². The maximum absolute atomic E-state index is 11.6. The number of hydrogen-bond donors (Lipinski definition) is 6. The quantitative estimate of drug-likeness (QED) is 0.252. The van der Waals surface area contributed by atoms with Crippen molar-refractivity contribution in [1.82, 2.24) is 0 Å². The molecule has 1 amide bonds. The lowest BCUT2D eigenvalue weighted by Crippen LogP contribution is -2.55. The summed E-state index contributed by atoms with van der Waals surface area (Å²) in [7, 11) is 0. The Morgan fingerprint density at radius 2 is 1.85 bits per heavy atom. The largest absolute Gasteiger partial charge is 0.504 e. The number of nitrogens with two attached hydrogens (primary N) is 3. The molecule has 0 saturated carbocycles. The number of aliphatic imine (C=N–C) groups is 3. The van der Waals surface area contributed by atoms with Gasteiger partial charge in [0, 0.05) is 0 Å². The van der Waals surface area contributed by atoms with Gasteiger partial charge >= 0.3 is 0 Å². The summed E-state index contributed by atoms with van der Waals surface area (Å²) >= 11 is 4.28. The van der Waals surface area contributed by atoms with Crippen LogP contribution in [0.2, 0.25) is 0 Å². The van der Waals surface area contributed by atoms with Gasteiger partial charge in [-0.25, -0.2) is 9.98 Å².